The molecule has 1 aliphatic heterocycles. The maximum Gasteiger partial charge on any atom is 0.256 e. The van der Waals surface area contributed by atoms with Gasteiger partial charge in [0.15, 0.2) is 22.6 Å². The van der Waals surface area contributed by atoms with Gasteiger partial charge in [-0.1, -0.05) is 11.8 Å². The lowest BCUT2D eigenvalue weighted by Crippen LogP contribution is -2.35. The first kappa shape index (κ1) is 16.1. The average molecular weight is 341 g/mol. The van der Waals surface area contributed by atoms with Gasteiger partial charge in [-0.3, -0.25) is 9.69 Å². The molecule has 122 valence electrons. The highest BCUT2D eigenvalue weighted by molar-refractivity contribution is 7.98. The van der Waals surface area contributed by atoms with Crippen molar-refractivity contribution < 1.29 is 13.2 Å². The number of thioether (sulfide) groups is 1. The summed E-state index contributed by atoms with van der Waals surface area (Å²) in [7, 11) is 0. The molecule has 2 heterocycles. The van der Waals surface area contributed by atoms with Crippen molar-refractivity contribution in [2.24, 2.45) is 0 Å². The predicted molar refractivity (Wildman–Crippen MR) is 80.8 cm³/mol. The van der Waals surface area contributed by atoms with Gasteiger partial charge in [0.2, 0.25) is 0 Å². The second-order valence-electron chi connectivity index (χ2n) is 5.33. The van der Waals surface area contributed by atoms with E-state index in [0.717, 1.165) is 17.8 Å². The quantitative estimate of drug-likeness (QED) is 0.529. The van der Waals surface area contributed by atoms with Gasteiger partial charge in [-0.05, 0) is 24.0 Å². The van der Waals surface area contributed by atoms with Crippen LogP contribution in [-0.2, 0) is 19.5 Å². The fraction of sp³-hybridized carbons (Fsp3) is 0.333. The third-order valence-corrected chi connectivity index (χ3v) is 4.35. The standard InChI is InChI=1S/C15H14F3N3OS/c1-23-15-19-12-2-3-21(7-9(12)14(22)20-15)6-8-4-10(16)13(18)11(17)5-8/h4-5H,2-3,6-7H2,1H3,(H,19,20,22). The summed E-state index contributed by atoms with van der Waals surface area (Å²) in [5, 5.41) is 0.574. The van der Waals surface area contributed by atoms with E-state index in [1.165, 1.54) is 11.8 Å². The van der Waals surface area contributed by atoms with E-state index < -0.39 is 17.5 Å². The molecule has 0 atom stereocenters. The molecular formula is C15H14F3N3OS. The molecule has 1 aliphatic rings. The number of halogens is 3. The molecule has 0 saturated heterocycles. The highest BCUT2D eigenvalue weighted by Gasteiger charge is 2.22. The van der Waals surface area contributed by atoms with Crippen molar-refractivity contribution in [3.05, 3.63) is 56.8 Å². The van der Waals surface area contributed by atoms with Crippen LogP contribution in [0.1, 0.15) is 16.8 Å². The van der Waals surface area contributed by atoms with Crippen LogP contribution >= 0.6 is 11.8 Å². The van der Waals surface area contributed by atoms with Gasteiger partial charge in [0.25, 0.3) is 5.56 Å². The van der Waals surface area contributed by atoms with Crippen LogP contribution in [0.4, 0.5) is 13.2 Å². The number of nitrogens with one attached hydrogen (secondary N) is 1. The molecule has 0 aliphatic carbocycles. The number of H-pyrrole nitrogens is 1. The van der Waals surface area contributed by atoms with E-state index in [1.807, 2.05) is 11.2 Å². The maximum absolute atomic E-state index is 13.3. The predicted octanol–water partition coefficient (Wildman–Crippen LogP) is 2.47. The minimum Gasteiger partial charge on any atom is -0.301 e. The van der Waals surface area contributed by atoms with Gasteiger partial charge in [0.05, 0.1) is 11.3 Å². The van der Waals surface area contributed by atoms with Gasteiger partial charge < -0.3 is 4.98 Å². The van der Waals surface area contributed by atoms with Crippen molar-refractivity contribution >= 4 is 11.8 Å². The zero-order chi connectivity index (χ0) is 16.6. The van der Waals surface area contributed by atoms with E-state index in [0.29, 0.717) is 35.8 Å². The molecule has 2 aromatic rings. The first-order chi connectivity index (χ1) is 11.0. The third-order valence-electron chi connectivity index (χ3n) is 3.77. The van der Waals surface area contributed by atoms with Gasteiger partial charge in [-0.2, -0.15) is 0 Å². The minimum absolute atomic E-state index is 0.194. The van der Waals surface area contributed by atoms with Gasteiger partial charge in [-0.25, -0.2) is 18.2 Å². The molecule has 0 saturated carbocycles. The number of rotatable bonds is 3. The molecule has 23 heavy (non-hydrogen) atoms. The van der Waals surface area contributed by atoms with Crippen LogP contribution in [0.25, 0.3) is 0 Å². The summed E-state index contributed by atoms with van der Waals surface area (Å²) in [4.78, 5) is 21.0. The molecule has 1 aromatic heterocycles. The molecule has 1 N–H and O–H groups in total. The van der Waals surface area contributed by atoms with E-state index in [1.54, 1.807) is 0 Å². The third kappa shape index (κ3) is 3.28. The van der Waals surface area contributed by atoms with Crippen molar-refractivity contribution in [2.75, 3.05) is 12.8 Å². The molecule has 4 nitrogen and oxygen atoms in total. The van der Waals surface area contributed by atoms with Crippen molar-refractivity contribution in [3.8, 4) is 0 Å². The number of nitrogens with zero attached hydrogens (tertiary/aromatic N) is 2. The van der Waals surface area contributed by atoms with Crippen molar-refractivity contribution in [3.63, 3.8) is 0 Å². The Labute approximate surface area is 134 Å². The summed E-state index contributed by atoms with van der Waals surface area (Å²) < 4.78 is 39.6. The molecule has 1 aromatic carbocycles. The van der Waals surface area contributed by atoms with Crippen LogP contribution in [0.3, 0.4) is 0 Å². The van der Waals surface area contributed by atoms with Crippen LogP contribution in [-0.4, -0.2) is 27.7 Å². The summed E-state index contributed by atoms with van der Waals surface area (Å²) in [5.74, 6) is -3.88. The summed E-state index contributed by atoms with van der Waals surface area (Å²) in [5.41, 5.74) is 1.46. The Morgan fingerprint density at radius 1 is 1.30 bits per heavy atom. The number of hydrogen-bond donors (Lipinski definition) is 1. The maximum atomic E-state index is 13.3. The van der Waals surface area contributed by atoms with E-state index in [-0.39, 0.29) is 12.1 Å². The lowest BCUT2D eigenvalue weighted by molar-refractivity contribution is 0.240. The summed E-state index contributed by atoms with van der Waals surface area (Å²) in [6.45, 7) is 1.18. The number of aromatic amines is 1. The lowest BCUT2D eigenvalue weighted by Gasteiger charge is -2.27. The van der Waals surface area contributed by atoms with Gasteiger partial charge in [0, 0.05) is 26.1 Å². The molecule has 0 radical (unpaired) electrons. The zero-order valence-corrected chi connectivity index (χ0v) is 13.1. The van der Waals surface area contributed by atoms with Crippen LogP contribution in [0.5, 0.6) is 0 Å². The highest BCUT2D eigenvalue weighted by Crippen LogP contribution is 2.20. The Morgan fingerprint density at radius 3 is 2.65 bits per heavy atom. The first-order valence-electron chi connectivity index (χ1n) is 6.99. The van der Waals surface area contributed by atoms with Gasteiger partial charge >= 0.3 is 0 Å². The normalized spacial score (nSPS) is 14.8. The van der Waals surface area contributed by atoms with Crippen molar-refractivity contribution in [1.29, 1.82) is 0 Å². The van der Waals surface area contributed by atoms with Crippen LogP contribution in [0.2, 0.25) is 0 Å². The van der Waals surface area contributed by atoms with Crippen LogP contribution in [0.15, 0.2) is 22.1 Å². The molecular weight excluding hydrogens is 327 g/mol. The molecule has 0 bridgehead atoms. The molecule has 0 fully saturated rings. The second kappa shape index (κ2) is 6.37. The molecule has 8 heteroatoms. The fourth-order valence-corrected chi connectivity index (χ4v) is 3.04. The Bertz CT molecular complexity index is 786. The summed E-state index contributed by atoms with van der Waals surface area (Å²) >= 11 is 1.36. The lowest BCUT2D eigenvalue weighted by atomic mass is 10.1. The van der Waals surface area contributed by atoms with E-state index in [2.05, 4.69) is 9.97 Å². The minimum atomic E-state index is -1.47. The topological polar surface area (TPSA) is 49.0 Å². The van der Waals surface area contributed by atoms with Crippen molar-refractivity contribution in [2.45, 2.75) is 24.7 Å². The number of fused-ring (bicyclic) bond motifs is 1. The molecule has 0 spiro atoms. The van der Waals surface area contributed by atoms with E-state index in [4.69, 9.17) is 0 Å². The Kier molecular flexibility index (Phi) is 4.45. The first-order valence-corrected chi connectivity index (χ1v) is 8.22. The molecule has 0 unspecified atom stereocenters. The number of hydrogen-bond acceptors (Lipinski definition) is 4. The van der Waals surface area contributed by atoms with Crippen molar-refractivity contribution in [1.82, 2.24) is 14.9 Å². The highest BCUT2D eigenvalue weighted by atomic mass is 32.2. The van der Waals surface area contributed by atoms with Crippen LogP contribution in [0, 0.1) is 17.5 Å². The Hall–Kier alpha value is -1.80. The molecule has 0 amide bonds. The van der Waals surface area contributed by atoms with E-state index >= 15 is 0 Å². The van der Waals surface area contributed by atoms with Gasteiger partial charge in [-0.15, -0.1) is 0 Å². The number of aromatic nitrogens is 2. The summed E-state index contributed by atoms with van der Waals surface area (Å²) in [6.07, 6.45) is 2.41. The zero-order valence-electron chi connectivity index (χ0n) is 12.3. The summed E-state index contributed by atoms with van der Waals surface area (Å²) in [6, 6.07) is 1.96. The van der Waals surface area contributed by atoms with Gasteiger partial charge in [0.1, 0.15) is 0 Å². The second-order valence-corrected chi connectivity index (χ2v) is 6.13. The molecule has 3 rings (SSSR count). The number of benzene rings is 1. The smallest absolute Gasteiger partial charge is 0.256 e. The fourth-order valence-electron chi connectivity index (χ4n) is 2.65. The Balaban J connectivity index is 1.81. The largest absolute Gasteiger partial charge is 0.301 e. The van der Waals surface area contributed by atoms with E-state index in [9.17, 15) is 18.0 Å². The van der Waals surface area contributed by atoms with Crippen LogP contribution < -0.4 is 5.56 Å². The monoisotopic (exact) mass is 341 g/mol. The SMILES string of the molecule is CSc1nc2c(c(=O)[nH]1)CN(Cc1cc(F)c(F)c(F)c1)CC2. The average Bonchev–Trinajstić information content (AvgIpc) is 2.53. The Morgan fingerprint density at radius 2 is 2.00 bits per heavy atom.